The summed E-state index contributed by atoms with van der Waals surface area (Å²) in [5, 5.41) is 3.41. The molecule has 17 heavy (non-hydrogen) atoms. The summed E-state index contributed by atoms with van der Waals surface area (Å²) in [5.74, 6) is 2.38. The van der Waals surface area contributed by atoms with E-state index in [2.05, 4.69) is 20.8 Å². The molecule has 0 aromatic carbocycles. The molecule has 2 N–H and O–H groups in total. The Balaban J connectivity index is 2.44. The second kappa shape index (κ2) is 5.65. The van der Waals surface area contributed by atoms with Crippen molar-refractivity contribution in [3.8, 4) is 12.3 Å². The van der Waals surface area contributed by atoms with Crippen LogP contribution in [0.3, 0.4) is 0 Å². The van der Waals surface area contributed by atoms with Crippen molar-refractivity contribution in [2.24, 2.45) is 5.73 Å². The third kappa shape index (κ3) is 4.84. The van der Waals surface area contributed by atoms with Crippen LogP contribution in [0.2, 0.25) is 0 Å². The Labute approximate surface area is 95.1 Å². The van der Waals surface area contributed by atoms with Gasteiger partial charge in [-0.1, -0.05) is 5.16 Å². The molecule has 1 aromatic heterocycles. The molecule has 1 aromatic rings. The maximum absolute atomic E-state index is 11.8. The molecule has 0 saturated heterocycles. The van der Waals surface area contributed by atoms with Gasteiger partial charge in [0.05, 0.1) is 6.04 Å². The largest absolute Gasteiger partial charge is 0.411 e. The van der Waals surface area contributed by atoms with Crippen LogP contribution in [0.25, 0.3) is 0 Å². The van der Waals surface area contributed by atoms with Crippen LogP contribution in [0.4, 0.5) is 13.2 Å². The van der Waals surface area contributed by atoms with Crippen molar-refractivity contribution >= 4 is 0 Å². The fourth-order valence-electron chi connectivity index (χ4n) is 0.949. The number of ether oxygens (including phenoxy) is 1. The van der Waals surface area contributed by atoms with Gasteiger partial charge in [-0.15, -0.1) is 12.3 Å². The summed E-state index contributed by atoms with van der Waals surface area (Å²) < 4.78 is 44.3. The molecule has 0 spiro atoms. The van der Waals surface area contributed by atoms with Gasteiger partial charge in [-0.3, -0.25) is 0 Å². The Morgan fingerprint density at radius 1 is 1.53 bits per heavy atom. The summed E-state index contributed by atoms with van der Waals surface area (Å²) in [4.78, 5) is 3.76. The molecule has 0 fully saturated rings. The van der Waals surface area contributed by atoms with E-state index < -0.39 is 25.4 Å². The third-order valence-corrected chi connectivity index (χ3v) is 1.64. The van der Waals surface area contributed by atoms with Crippen molar-refractivity contribution in [2.45, 2.75) is 25.2 Å². The van der Waals surface area contributed by atoms with Crippen molar-refractivity contribution < 1.29 is 22.4 Å². The number of alkyl halides is 3. The van der Waals surface area contributed by atoms with Gasteiger partial charge < -0.3 is 15.0 Å². The fourth-order valence-corrected chi connectivity index (χ4v) is 0.949. The first-order valence-electron chi connectivity index (χ1n) is 4.58. The van der Waals surface area contributed by atoms with Gasteiger partial charge in [0.15, 0.2) is 5.82 Å². The van der Waals surface area contributed by atoms with E-state index in [0.717, 1.165) is 0 Å². The summed E-state index contributed by atoms with van der Waals surface area (Å²) in [5.41, 5.74) is 5.56. The Morgan fingerprint density at radius 3 is 2.82 bits per heavy atom. The van der Waals surface area contributed by atoms with Crippen LogP contribution in [0.15, 0.2) is 4.52 Å². The Bertz CT molecular complexity index is 397. The SMILES string of the molecule is C#CCC(N)c1nc(COCC(F)(F)F)no1. The zero-order valence-corrected chi connectivity index (χ0v) is 8.70. The predicted molar refractivity (Wildman–Crippen MR) is 50.4 cm³/mol. The highest BCUT2D eigenvalue weighted by molar-refractivity contribution is 4.97. The molecule has 0 amide bonds. The van der Waals surface area contributed by atoms with Crippen molar-refractivity contribution in [1.29, 1.82) is 0 Å². The zero-order valence-electron chi connectivity index (χ0n) is 8.70. The molecular weight excluding hydrogens is 239 g/mol. The molecule has 0 bridgehead atoms. The monoisotopic (exact) mass is 249 g/mol. The van der Waals surface area contributed by atoms with Gasteiger partial charge in [-0.05, 0) is 0 Å². The lowest BCUT2D eigenvalue weighted by Gasteiger charge is -2.04. The van der Waals surface area contributed by atoms with Crippen LogP contribution in [0, 0.1) is 12.3 Å². The molecule has 1 heterocycles. The number of terminal acetylenes is 1. The standard InChI is InChI=1S/C9H10F3N3O2/c1-2-3-6(13)8-14-7(15-17-8)4-16-5-9(10,11)12/h1,6H,3-5,13H2. The molecule has 5 nitrogen and oxygen atoms in total. The summed E-state index contributed by atoms with van der Waals surface area (Å²) in [7, 11) is 0. The third-order valence-electron chi connectivity index (χ3n) is 1.64. The molecule has 1 unspecified atom stereocenters. The second-order valence-corrected chi connectivity index (χ2v) is 3.17. The number of nitrogens with two attached hydrogens (primary N) is 1. The van der Waals surface area contributed by atoms with Crippen LogP contribution < -0.4 is 5.73 Å². The van der Waals surface area contributed by atoms with Crippen LogP contribution in [0.5, 0.6) is 0 Å². The van der Waals surface area contributed by atoms with Gasteiger partial charge in [-0.25, -0.2) is 0 Å². The summed E-state index contributed by atoms with van der Waals surface area (Å²) in [6.45, 7) is -1.76. The molecule has 1 rings (SSSR count). The fraction of sp³-hybridized carbons (Fsp3) is 0.556. The number of rotatable bonds is 5. The van der Waals surface area contributed by atoms with E-state index in [-0.39, 0.29) is 18.1 Å². The lowest BCUT2D eigenvalue weighted by molar-refractivity contribution is -0.177. The minimum Gasteiger partial charge on any atom is -0.364 e. The van der Waals surface area contributed by atoms with Gasteiger partial charge in [0.2, 0.25) is 5.89 Å². The van der Waals surface area contributed by atoms with Gasteiger partial charge in [-0.2, -0.15) is 18.2 Å². The second-order valence-electron chi connectivity index (χ2n) is 3.17. The lowest BCUT2D eigenvalue weighted by atomic mass is 10.2. The van der Waals surface area contributed by atoms with Crippen molar-refractivity contribution in [3.05, 3.63) is 11.7 Å². The quantitative estimate of drug-likeness (QED) is 0.793. The molecule has 0 aliphatic heterocycles. The molecule has 0 radical (unpaired) electrons. The minimum absolute atomic E-state index is 0.00304. The van der Waals surface area contributed by atoms with E-state index >= 15 is 0 Å². The van der Waals surface area contributed by atoms with Gasteiger partial charge in [0.25, 0.3) is 0 Å². The van der Waals surface area contributed by atoms with Gasteiger partial charge in [0, 0.05) is 6.42 Å². The summed E-state index contributed by atoms with van der Waals surface area (Å²) in [6.07, 6.45) is 0.849. The number of halogens is 3. The highest BCUT2D eigenvalue weighted by atomic mass is 19.4. The highest BCUT2D eigenvalue weighted by Gasteiger charge is 2.27. The lowest BCUT2D eigenvalue weighted by Crippen LogP contribution is -2.17. The van der Waals surface area contributed by atoms with Crippen molar-refractivity contribution in [2.75, 3.05) is 6.61 Å². The average molecular weight is 249 g/mol. The predicted octanol–water partition coefficient (Wildman–Crippen LogP) is 1.17. The van der Waals surface area contributed by atoms with Crippen molar-refractivity contribution in [1.82, 2.24) is 10.1 Å². The number of hydrogen-bond donors (Lipinski definition) is 1. The summed E-state index contributed by atoms with van der Waals surface area (Å²) >= 11 is 0. The normalized spacial score (nSPS) is 13.4. The molecule has 94 valence electrons. The van der Waals surface area contributed by atoms with E-state index in [0.29, 0.717) is 0 Å². The molecule has 0 aliphatic rings. The zero-order chi connectivity index (χ0) is 12.9. The van der Waals surface area contributed by atoms with Gasteiger partial charge in [0.1, 0.15) is 13.2 Å². The van der Waals surface area contributed by atoms with E-state index in [9.17, 15) is 13.2 Å². The topological polar surface area (TPSA) is 74.2 Å². The first-order valence-corrected chi connectivity index (χ1v) is 4.58. The number of aromatic nitrogens is 2. The van der Waals surface area contributed by atoms with Crippen LogP contribution >= 0.6 is 0 Å². The molecule has 8 heteroatoms. The first-order chi connectivity index (χ1) is 7.92. The van der Waals surface area contributed by atoms with E-state index in [1.165, 1.54) is 0 Å². The smallest absolute Gasteiger partial charge is 0.364 e. The molecule has 1 atom stereocenters. The number of nitrogens with zero attached hydrogens (tertiary/aromatic N) is 2. The number of hydrogen-bond acceptors (Lipinski definition) is 5. The Morgan fingerprint density at radius 2 is 2.24 bits per heavy atom. The molecule has 0 saturated carbocycles. The molecule has 0 aliphatic carbocycles. The minimum atomic E-state index is -4.38. The van der Waals surface area contributed by atoms with Gasteiger partial charge >= 0.3 is 6.18 Å². The average Bonchev–Trinajstić information content (AvgIpc) is 2.65. The highest BCUT2D eigenvalue weighted by Crippen LogP contribution is 2.16. The summed E-state index contributed by atoms with van der Waals surface area (Å²) in [6, 6.07) is -0.621. The first kappa shape index (κ1) is 13.5. The van der Waals surface area contributed by atoms with E-state index in [1.807, 2.05) is 0 Å². The van der Waals surface area contributed by atoms with Crippen molar-refractivity contribution in [3.63, 3.8) is 0 Å². The van der Waals surface area contributed by atoms with Crippen LogP contribution in [-0.2, 0) is 11.3 Å². The van der Waals surface area contributed by atoms with Crippen LogP contribution in [0.1, 0.15) is 24.2 Å². The van der Waals surface area contributed by atoms with E-state index in [4.69, 9.17) is 16.7 Å². The van der Waals surface area contributed by atoms with Crippen LogP contribution in [-0.4, -0.2) is 22.9 Å². The maximum Gasteiger partial charge on any atom is 0.411 e. The Kier molecular flexibility index (Phi) is 4.48. The Hall–Kier alpha value is -1.59. The maximum atomic E-state index is 11.8. The molecular formula is C9H10F3N3O2. The van der Waals surface area contributed by atoms with E-state index in [1.54, 1.807) is 0 Å².